The lowest BCUT2D eigenvalue weighted by Crippen LogP contribution is -2.31. The molecule has 17 heavy (non-hydrogen) atoms. The lowest BCUT2D eigenvalue weighted by Gasteiger charge is -2.24. The van der Waals surface area contributed by atoms with Crippen LogP contribution in [0.2, 0.25) is 5.02 Å². The number of hydrogen-bond acceptors (Lipinski definition) is 4. The van der Waals surface area contributed by atoms with Crippen LogP contribution in [0, 0.1) is 0 Å². The minimum absolute atomic E-state index is 0.578. The van der Waals surface area contributed by atoms with Gasteiger partial charge < -0.3 is 10.0 Å². The molecule has 6 heteroatoms. The molecule has 1 aromatic rings. The molecule has 0 radical (unpaired) electrons. The quantitative estimate of drug-likeness (QED) is 0.903. The minimum Gasteiger partial charge on any atom is -0.383 e. The summed E-state index contributed by atoms with van der Waals surface area (Å²) in [6.45, 7) is 1.64. The Kier molecular flexibility index (Phi) is 4.02. The van der Waals surface area contributed by atoms with Crippen molar-refractivity contribution in [1.82, 2.24) is 14.7 Å². The van der Waals surface area contributed by atoms with Gasteiger partial charge >= 0.3 is 0 Å². The number of rotatable bonds is 4. The van der Waals surface area contributed by atoms with Crippen molar-refractivity contribution < 1.29 is 5.11 Å². The van der Waals surface area contributed by atoms with Crippen LogP contribution in [0.4, 0.5) is 0 Å². The topological polar surface area (TPSA) is 41.3 Å². The number of aliphatic hydroxyl groups is 1. The third-order valence-electron chi connectivity index (χ3n) is 3.00. The summed E-state index contributed by atoms with van der Waals surface area (Å²) in [7, 11) is 4.04. The van der Waals surface area contributed by atoms with E-state index in [9.17, 15) is 5.11 Å². The Labute approximate surface area is 111 Å². The molecule has 1 aromatic heterocycles. The number of hydrogen-bond donors (Lipinski definition) is 1. The average molecular weight is 276 g/mol. The van der Waals surface area contributed by atoms with E-state index in [4.69, 9.17) is 11.6 Å². The standard InChI is InChI=1S/C11H18ClN3OS/c1-14(2)4-5-15-10(9(12)7-13-15)11(16)3-6-17-8-11/h7,16H,3-6,8H2,1-2H3. The molecule has 0 bridgehead atoms. The molecule has 1 unspecified atom stereocenters. The van der Waals surface area contributed by atoms with Crippen LogP contribution in [-0.2, 0) is 12.1 Å². The Morgan fingerprint density at radius 1 is 1.65 bits per heavy atom. The molecule has 96 valence electrons. The van der Waals surface area contributed by atoms with Crippen molar-refractivity contribution in [2.75, 3.05) is 32.1 Å². The average Bonchev–Trinajstić information content (AvgIpc) is 2.83. The Morgan fingerprint density at radius 3 is 3.00 bits per heavy atom. The van der Waals surface area contributed by atoms with Crippen LogP contribution in [0.5, 0.6) is 0 Å². The van der Waals surface area contributed by atoms with Crippen LogP contribution in [0.3, 0.4) is 0 Å². The van der Waals surface area contributed by atoms with Gasteiger partial charge in [-0.2, -0.15) is 16.9 Å². The van der Waals surface area contributed by atoms with Crippen molar-refractivity contribution in [3.8, 4) is 0 Å². The van der Waals surface area contributed by atoms with Crippen molar-refractivity contribution in [2.24, 2.45) is 0 Å². The molecular formula is C11H18ClN3OS. The Morgan fingerprint density at radius 2 is 2.41 bits per heavy atom. The summed E-state index contributed by atoms with van der Waals surface area (Å²) in [6.07, 6.45) is 2.39. The summed E-state index contributed by atoms with van der Waals surface area (Å²) in [5.41, 5.74) is -0.0177. The van der Waals surface area contributed by atoms with Crippen molar-refractivity contribution in [2.45, 2.75) is 18.6 Å². The first-order valence-electron chi connectivity index (χ1n) is 5.69. The molecule has 0 aliphatic carbocycles. The lowest BCUT2D eigenvalue weighted by atomic mass is 9.99. The van der Waals surface area contributed by atoms with Crippen molar-refractivity contribution >= 4 is 23.4 Å². The highest BCUT2D eigenvalue weighted by molar-refractivity contribution is 7.99. The van der Waals surface area contributed by atoms with Gasteiger partial charge in [0.05, 0.1) is 23.5 Å². The fourth-order valence-corrected chi connectivity index (χ4v) is 3.59. The van der Waals surface area contributed by atoms with Gasteiger partial charge in [-0.05, 0) is 26.3 Å². The van der Waals surface area contributed by atoms with Crippen LogP contribution < -0.4 is 0 Å². The maximum absolute atomic E-state index is 10.6. The van der Waals surface area contributed by atoms with Crippen molar-refractivity contribution in [3.63, 3.8) is 0 Å². The van der Waals surface area contributed by atoms with E-state index in [1.165, 1.54) is 0 Å². The second kappa shape index (κ2) is 5.18. The van der Waals surface area contributed by atoms with Gasteiger partial charge in [-0.15, -0.1) is 0 Å². The third-order valence-corrected chi connectivity index (χ3v) is 4.45. The molecule has 2 heterocycles. The largest absolute Gasteiger partial charge is 0.383 e. The molecule has 2 rings (SSSR count). The van der Waals surface area contributed by atoms with Crippen LogP contribution in [0.1, 0.15) is 12.1 Å². The van der Waals surface area contributed by atoms with Crippen molar-refractivity contribution in [1.29, 1.82) is 0 Å². The maximum Gasteiger partial charge on any atom is 0.117 e. The second-order valence-corrected chi connectivity index (χ2v) is 6.21. The zero-order valence-corrected chi connectivity index (χ0v) is 11.8. The first-order valence-corrected chi connectivity index (χ1v) is 7.23. The van der Waals surface area contributed by atoms with E-state index in [1.54, 1.807) is 18.0 Å². The fourth-order valence-electron chi connectivity index (χ4n) is 2.03. The predicted molar refractivity (Wildman–Crippen MR) is 71.6 cm³/mol. The Bertz CT molecular complexity index is 388. The molecule has 0 aromatic carbocycles. The Balaban J connectivity index is 2.23. The number of aromatic nitrogens is 2. The summed E-state index contributed by atoms with van der Waals surface area (Å²) in [4.78, 5) is 2.09. The molecule has 0 amide bonds. The van der Waals surface area contributed by atoms with E-state index >= 15 is 0 Å². The zero-order chi connectivity index (χ0) is 12.5. The smallest absolute Gasteiger partial charge is 0.117 e. The van der Waals surface area contributed by atoms with Crippen molar-refractivity contribution in [3.05, 3.63) is 16.9 Å². The number of halogens is 1. The normalized spacial score (nSPS) is 24.8. The maximum atomic E-state index is 10.6. The summed E-state index contributed by atoms with van der Waals surface area (Å²) >= 11 is 7.92. The molecule has 4 nitrogen and oxygen atoms in total. The van der Waals surface area contributed by atoms with Gasteiger partial charge in [-0.3, -0.25) is 4.68 Å². The summed E-state index contributed by atoms with van der Waals surface area (Å²) < 4.78 is 1.84. The number of thioether (sulfide) groups is 1. The summed E-state index contributed by atoms with van der Waals surface area (Å²) in [5, 5.41) is 15.4. The number of nitrogens with zero attached hydrogens (tertiary/aromatic N) is 3. The van der Waals surface area contributed by atoms with Gasteiger partial charge in [0.25, 0.3) is 0 Å². The molecule has 1 fully saturated rings. The van der Waals surface area contributed by atoms with Gasteiger partial charge in [0, 0.05) is 12.3 Å². The van der Waals surface area contributed by atoms with E-state index in [2.05, 4.69) is 10.00 Å². The highest BCUT2D eigenvalue weighted by Gasteiger charge is 2.38. The molecule has 1 aliphatic heterocycles. The highest BCUT2D eigenvalue weighted by Crippen LogP contribution is 2.39. The summed E-state index contributed by atoms with van der Waals surface area (Å²) in [6, 6.07) is 0. The molecule has 1 N–H and O–H groups in total. The van der Waals surface area contributed by atoms with Gasteiger partial charge in [0.2, 0.25) is 0 Å². The molecule has 0 saturated carbocycles. The number of likely N-dealkylation sites (N-methyl/N-ethyl adjacent to an activating group) is 1. The highest BCUT2D eigenvalue weighted by atomic mass is 35.5. The van der Waals surface area contributed by atoms with Crippen LogP contribution in [-0.4, -0.2) is 51.9 Å². The van der Waals surface area contributed by atoms with E-state index < -0.39 is 5.60 Å². The fraction of sp³-hybridized carbons (Fsp3) is 0.727. The van der Waals surface area contributed by atoms with Crippen LogP contribution >= 0.6 is 23.4 Å². The summed E-state index contributed by atoms with van der Waals surface area (Å²) in [5.74, 6) is 1.69. The zero-order valence-electron chi connectivity index (χ0n) is 10.2. The minimum atomic E-state index is -0.801. The van der Waals surface area contributed by atoms with E-state index in [1.807, 2.05) is 18.8 Å². The van der Waals surface area contributed by atoms with Gasteiger partial charge in [-0.25, -0.2) is 0 Å². The predicted octanol–water partition coefficient (Wildman–Crippen LogP) is 1.42. The molecule has 1 atom stereocenters. The molecule has 1 aliphatic rings. The van der Waals surface area contributed by atoms with Gasteiger partial charge in [0.1, 0.15) is 5.60 Å². The SMILES string of the molecule is CN(C)CCn1ncc(Cl)c1C1(O)CCSC1. The Hall–Kier alpha value is -0.230. The monoisotopic (exact) mass is 275 g/mol. The second-order valence-electron chi connectivity index (χ2n) is 4.70. The van der Waals surface area contributed by atoms with E-state index in [0.717, 1.165) is 31.0 Å². The lowest BCUT2D eigenvalue weighted by molar-refractivity contribution is 0.0555. The van der Waals surface area contributed by atoms with E-state index in [-0.39, 0.29) is 0 Å². The van der Waals surface area contributed by atoms with E-state index in [0.29, 0.717) is 10.8 Å². The first kappa shape index (κ1) is 13.2. The molecule has 1 saturated heterocycles. The molecular weight excluding hydrogens is 258 g/mol. The van der Waals surface area contributed by atoms with Crippen LogP contribution in [0.25, 0.3) is 0 Å². The first-order chi connectivity index (χ1) is 8.03. The third kappa shape index (κ3) is 2.78. The van der Waals surface area contributed by atoms with Gasteiger partial charge in [-0.1, -0.05) is 11.6 Å². The van der Waals surface area contributed by atoms with Crippen LogP contribution in [0.15, 0.2) is 6.20 Å². The van der Waals surface area contributed by atoms with Gasteiger partial charge in [0.15, 0.2) is 0 Å². The molecule has 0 spiro atoms.